The number of carbonyl (C=O) groups is 1. The van der Waals surface area contributed by atoms with Crippen LogP contribution in [0.2, 0.25) is 0 Å². The molecule has 0 unspecified atom stereocenters. The van der Waals surface area contributed by atoms with Crippen molar-refractivity contribution < 1.29 is 14.6 Å². The van der Waals surface area contributed by atoms with Crippen LogP contribution < -0.4 is 10.1 Å². The third kappa shape index (κ3) is 4.31. The zero-order chi connectivity index (χ0) is 15.1. The summed E-state index contributed by atoms with van der Waals surface area (Å²) in [5.41, 5.74) is 0.909. The number of rotatable bonds is 4. The smallest absolute Gasteiger partial charge is 0.261 e. The second-order valence-corrected chi connectivity index (χ2v) is 5.10. The Bertz CT molecular complexity index is 685. The molecule has 2 aromatic rings. The molecular formula is C15H14N2O3S. The zero-order valence-corrected chi connectivity index (χ0v) is 12.2. The number of aliphatic hydroxyl groups is 1. The number of hydrogen-bond donors (Lipinski definition) is 2. The van der Waals surface area contributed by atoms with E-state index in [0.29, 0.717) is 17.3 Å². The fraction of sp³-hybridized carbons (Fsp3) is 0.200. The van der Waals surface area contributed by atoms with Gasteiger partial charge in [-0.05, 0) is 23.8 Å². The van der Waals surface area contributed by atoms with Gasteiger partial charge in [-0.2, -0.15) is 0 Å². The van der Waals surface area contributed by atoms with Crippen LogP contribution in [0.5, 0.6) is 5.88 Å². The third-order valence-corrected chi connectivity index (χ3v) is 3.58. The summed E-state index contributed by atoms with van der Waals surface area (Å²) in [5, 5.41) is 11.5. The monoisotopic (exact) mass is 302 g/mol. The van der Waals surface area contributed by atoms with Crippen molar-refractivity contribution in [3.8, 4) is 17.7 Å². The van der Waals surface area contributed by atoms with E-state index in [9.17, 15) is 4.79 Å². The molecule has 0 aliphatic heterocycles. The molecule has 2 aromatic heterocycles. The molecule has 2 rings (SSSR count). The standard InChI is InChI=1S/C15H14N2O3S/c1-20-14-9-11(6-7-16-14)10-17-15(19)13-5-4-12(21-13)3-2-8-18/h4-7,9,18H,8,10H2,1H3,(H,17,19). The third-order valence-electron chi connectivity index (χ3n) is 2.58. The molecule has 0 aliphatic carbocycles. The van der Waals surface area contributed by atoms with Gasteiger partial charge < -0.3 is 15.2 Å². The van der Waals surface area contributed by atoms with E-state index in [0.717, 1.165) is 10.4 Å². The van der Waals surface area contributed by atoms with Gasteiger partial charge in [0.25, 0.3) is 5.91 Å². The Kier molecular flexibility index (Phi) is 5.32. The second-order valence-electron chi connectivity index (χ2n) is 4.01. The number of hydrogen-bond acceptors (Lipinski definition) is 5. The quantitative estimate of drug-likeness (QED) is 0.838. The molecule has 0 fully saturated rings. The van der Waals surface area contributed by atoms with Crippen LogP contribution in [-0.4, -0.2) is 29.7 Å². The Morgan fingerprint density at radius 1 is 1.48 bits per heavy atom. The Morgan fingerprint density at radius 3 is 3.10 bits per heavy atom. The number of aliphatic hydroxyl groups excluding tert-OH is 1. The molecule has 0 spiro atoms. The van der Waals surface area contributed by atoms with Gasteiger partial charge in [0.15, 0.2) is 0 Å². The minimum Gasteiger partial charge on any atom is -0.481 e. The normalized spacial score (nSPS) is 9.62. The van der Waals surface area contributed by atoms with Gasteiger partial charge in [-0.1, -0.05) is 11.8 Å². The second kappa shape index (κ2) is 7.43. The molecule has 0 saturated heterocycles. The highest BCUT2D eigenvalue weighted by Crippen LogP contribution is 2.15. The minimum absolute atomic E-state index is 0.159. The van der Waals surface area contributed by atoms with Crippen molar-refractivity contribution >= 4 is 17.2 Å². The van der Waals surface area contributed by atoms with Gasteiger partial charge in [-0.25, -0.2) is 4.98 Å². The maximum atomic E-state index is 12.0. The molecule has 108 valence electrons. The first-order valence-corrected chi connectivity index (χ1v) is 7.01. The number of carbonyl (C=O) groups excluding carboxylic acids is 1. The van der Waals surface area contributed by atoms with Gasteiger partial charge in [-0.15, -0.1) is 11.3 Å². The fourth-order valence-electron chi connectivity index (χ4n) is 1.60. The Balaban J connectivity index is 1.96. The molecule has 0 saturated carbocycles. The molecule has 21 heavy (non-hydrogen) atoms. The molecule has 6 heteroatoms. The highest BCUT2D eigenvalue weighted by atomic mass is 32.1. The predicted molar refractivity (Wildman–Crippen MR) is 80.2 cm³/mol. The zero-order valence-electron chi connectivity index (χ0n) is 11.4. The molecule has 2 N–H and O–H groups in total. The molecule has 0 aromatic carbocycles. The first-order valence-electron chi connectivity index (χ1n) is 6.19. The SMILES string of the molecule is COc1cc(CNC(=O)c2ccc(C#CCO)s2)ccn1. The lowest BCUT2D eigenvalue weighted by atomic mass is 10.2. The van der Waals surface area contributed by atoms with Crippen LogP contribution in [0.3, 0.4) is 0 Å². The molecule has 1 amide bonds. The van der Waals surface area contributed by atoms with Gasteiger partial charge in [-0.3, -0.25) is 4.79 Å². The number of nitrogens with one attached hydrogen (secondary N) is 1. The Morgan fingerprint density at radius 2 is 2.33 bits per heavy atom. The van der Waals surface area contributed by atoms with E-state index in [4.69, 9.17) is 9.84 Å². The lowest BCUT2D eigenvalue weighted by Crippen LogP contribution is -2.21. The predicted octanol–water partition coefficient (Wildman–Crippen LogP) is 1.43. The topological polar surface area (TPSA) is 71.5 Å². The molecule has 5 nitrogen and oxygen atoms in total. The highest BCUT2D eigenvalue weighted by Gasteiger charge is 2.08. The maximum absolute atomic E-state index is 12.0. The Labute approximate surface area is 126 Å². The van der Waals surface area contributed by atoms with Crippen molar-refractivity contribution in [2.24, 2.45) is 0 Å². The molecule has 2 heterocycles. The number of nitrogens with zero attached hydrogens (tertiary/aromatic N) is 1. The average Bonchev–Trinajstić information content (AvgIpc) is 2.99. The lowest BCUT2D eigenvalue weighted by Gasteiger charge is -2.05. The fourth-order valence-corrected chi connectivity index (χ4v) is 2.39. The maximum Gasteiger partial charge on any atom is 0.261 e. The van der Waals surface area contributed by atoms with Crippen molar-refractivity contribution in [3.63, 3.8) is 0 Å². The van der Waals surface area contributed by atoms with Crippen LogP contribution in [0.1, 0.15) is 20.1 Å². The van der Waals surface area contributed by atoms with Crippen molar-refractivity contribution in [1.82, 2.24) is 10.3 Å². The number of amides is 1. The number of ether oxygens (including phenoxy) is 1. The molecule has 0 aliphatic rings. The molecule has 0 radical (unpaired) electrons. The van der Waals surface area contributed by atoms with Crippen molar-refractivity contribution in [1.29, 1.82) is 0 Å². The molecule has 0 bridgehead atoms. The van der Waals surface area contributed by atoms with Gasteiger partial charge in [0.05, 0.1) is 16.9 Å². The van der Waals surface area contributed by atoms with E-state index in [2.05, 4.69) is 22.1 Å². The number of pyridine rings is 1. The van der Waals surface area contributed by atoms with E-state index in [1.807, 2.05) is 6.07 Å². The lowest BCUT2D eigenvalue weighted by molar-refractivity contribution is 0.0955. The number of thiophene rings is 1. The van der Waals surface area contributed by atoms with Gasteiger partial charge in [0.1, 0.15) is 6.61 Å². The van der Waals surface area contributed by atoms with E-state index in [1.165, 1.54) is 11.3 Å². The largest absolute Gasteiger partial charge is 0.481 e. The van der Waals surface area contributed by atoms with Gasteiger partial charge in [0.2, 0.25) is 5.88 Å². The summed E-state index contributed by atoms with van der Waals surface area (Å²) in [6.07, 6.45) is 1.63. The van der Waals surface area contributed by atoms with Crippen LogP contribution in [0, 0.1) is 11.8 Å². The van der Waals surface area contributed by atoms with Crippen molar-refractivity contribution in [2.45, 2.75) is 6.54 Å². The number of methoxy groups -OCH3 is 1. The summed E-state index contributed by atoms with van der Waals surface area (Å²) in [5.74, 6) is 5.68. The van der Waals surface area contributed by atoms with Crippen LogP contribution in [0.15, 0.2) is 30.5 Å². The summed E-state index contributed by atoms with van der Waals surface area (Å²) in [6, 6.07) is 7.06. The van der Waals surface area contributed by atoms with E-state index in [-0.39, 0.29) is 12.5 Å². The van der Waals surface area contributed by atoms with Crippen LogP contribution in [-0.2, 0) is 6.54 Å². The number of aromatic nitrogens is 1. The van der Waals surface area contributed by atoms with Crippen LogP contribution >= 0.6 is 11.3 Å². The highest BCUT2D eigenvalue weighted by molar-refractivity contribution is 7.14. The average molecular weight is 302 g/mol. The molecular weight excluding hydrogens is 288 g/mol. The summed E-state index contributed by atoms with van der Waals surface area (Å²) in [7, 11) is 1.55. The van der Waals surface area contributed by atoms with Crippen molar-refractivity contribution in [2.75, 3.05) is 13.7 Å². The van der Waals surface area contributed by atoms with Crippen LogP contribution in [0.25, 0.3) is 0 Å². The first-order chi connectivity index (χ1) is 10.2. The van der Waals surface area contributed by atoms with Crippen LogP contribution in [0.4, 0.5) is 0 Å². The van der Waals surface area contributed by atoms with Gasteiger partial charge in [0, 0.05) is 18.8 Å². The summed E-state index contributed by atoms with van der Waals surface area (Å²) < 4.78 is 5.03. The van der Waals surface area contributed by atoms with Gasteiger partial charge >= 0.3 is 0 Å². The first kappa shape index (κ1) is 15.0. The molecule has 0 atom stereocenters. The summed E-state index contributed by atoms with van der Waals surface area (Å²) in [6.45, 7) is 0.205. The van der Waals surface area contributed by atoms with E-state index in [1.54, 1.807) is 31.5 Å². The summed E-state index contributed by atoms with van der Waals surface area (Å²) >= 11 is 1.29. The Hall–Kier alpha value is -2.36. The summed E-state index contributed by atoms with van der Waals surface area (Å²) in [4.78, 5) is 17.4. The van der Waals surface area contributed by atoms with Crippen molar-refractivity contribution in [3.05, 3.63) is 45.8 Å². The minimum atomic E-state index is -0.191. The van der Waals surface area contributed by atoms with E-state index < -0.39 is 0 Å². The van der Waals surface area contributed by atoms with E-state index >= 15 is 0 Å².